The fourth-order valence-electron chi connectivity index (χ4n) is 2.16. The third kappa shape index (κ3) is 7.41. The number of benzene rings is 1. The summed E-state index contributed by atoms with van der Waals surface area (Å²) in [7, 11) is 3.72. The number of nitrogens with zero attached hydrogens (tertiary/aromatic N) is 1. The Morgan fingerprint density at radius 1 is 1.25 bits per heavy atom. The Morgan fingerprint density at radius 3 is 2.54 bits per heavy atom. The fraction of sp³-hybridized carbons (Fsp3) is 0.529. The minimum absolute atomic E-state index is 0.118. The highest BCUT2D eigenvalue weighted by Crippen LogP contribution is 2.18. The van der Waals surface area contributed by atoms with Crippen LogP contribution in [0.3, 0.4) is 0 Å². The summed E-state index contributed by atoms with van der Waals surface area (Å²) >= 11 is 0. The normalized spacial score (nSPS) is 12.1. The van der Waals surface area contributed by atoms with Crippen molar-refractivity contribution in [3.8, 4) is 0 Å². The number of likely N-dealkylation sites (N-methyl/N-ethyl adjacent to an activating group) is 1. The van der Waals surface area contributed by atoms with Crippen LogP contribution in [0.15, 0.2) is 24.3 Å². The molecule has 0 radical (unpaired) electrons. The minimum atomic E-state index is -0.379. The first kappa shape index (κ1) is 19.9. The van der Waals surface area contributed by atoms with Gasteiger partial charge in [-0.15, -0.1) is 0 Å². The van der Waals surface area contributed by atoms with Gasteiger partial charge in [-0.1, -0.05) is 12.1 Å². The lowest BCUT2D eigenvalue weighted by molar-refractivity contribution is -0.147. The molecule has 0 heterocycles. The molecule has 0 aliphatic rings. The number of nitrogens with one attached hydrogen (secondary N) is 2. The number of carbonyl (C=O) groups excluding carboxylic acids is 2. The lowest BCUT2D eigenvalue weighted by Crippen LogP contribution is -2.41. The second-order valence-electron chi connectivity index (χ2n) is 5.96. The van der Waals surface area contributed by atoms with Gasteiger partial charge in [0.05, 0.1) is 18.6 Å². The number of rotatable bonds is 8. The van der Waals surface area contributed by atoms with Crippen LogP contribution in [0.25, 0.3) is 0 Å². The Labute approximate surface area is 142 Å². The maximum Gasteiger partial charge on any atom is 0.314 e. The number of amides is 2. The first-order valence-corrected chi connectivity index (χ1v) is 7.92. The topological polar surface area (TPSA) is 70.7 Å². The number of ether oxygens (including phenoxy) is 1. The number of hydrogen-bond donors (Lipinski definition) is 2. The fourth-order valence-corrected chi connectivity index (χ4v) is 2.16. The molecule has 0 spiro atoms. The SMILES string of the molecule is CC(C)OC(=O)CCNC(=O)NCC(c1cccc(F)c1)N(C)C. The van der Waals surface area contributed by atoms with Crippen LogP contribution in [0.4, 0.5) is 9.18 Å². The van der Waals surface area contributed by atoms with Gasteiger partial charge in [0.1, 0.15) is 5.82 Å². The van der Waals surface area contributed by atoms with Gasteiger partial charge in [-0.3, -0.25) is 4.79 Å². The van der Waals surface area contributed by atoms with E-state index in [-0.39, 0.29) is 42.9 Å². The largest absolute Gasteiger partial charge is 0.463 e. The monoisotopic (exact) mass is 339 g/mol. The van der Waals surface area contributed by atoms with E-state index in [9.17, 15) is 14.0 Å². The molecule has 0 aliphatic heterocycles. The van der Waals surface area contributed by atoms with Crippen LogP contribution in [-0.4, -0.2) is 50.2 Å². The summed E-state index contributed by atoms with van der Waals surface area (Å²) in [4.78, 5) is 25.1. The predicted octanol–water partition coefficient (Wildman–Crippen LogP) is 2.07. The standard InChI is InChI=1S/C17H26FN3O3/c1-12(2)24-16(22)8-9-19-17(23)20-11-15(21(3)4)13-6-5-7-14(18)10-13/h5-7,10,12,15H,8-9,11H2,1-4H3,(H2,19,20,23). The van der Waals surface area contributed by atoms with Crippen LogP contribution in [0.1, 0.15) is 31.9 Å². The molecule has 0 bridgehead atoms. The average molecular weight is 339 g/mol. The molecule has 0 saturated carbocycles. The molecule has 1 aromatic rings. The first-order chi connectivity index (χ1) is 11.3. The quantitative estimate of drug-likeness (QED) is 0.711. The zero-order valence-electron chi connectivity index (χ0n) is 14.6. The molecule has 0 fully saturated rings. The van der Waals surface area contributed by atoms with Crippen molar-refractivity contribution in [3.05, 3.63) is 35.6 Å². The highest BCUT2D eigenvalue weighted by atomic mass is 19.1. The summed E-state index contributed by atoms with van der Waals surface area (Å²) < 4.78 is 18.3. The van der Waals surface area contributed by atoms with E-state index < -0.39 is 0 Å². The Kier molecular flexibility index (Phi) is 8.18. The number of carbonyl (C=O) groups is 2. The summed E-state index contributed by atoms with van der Waals surface area (Å²) in [5.41, 5.74) is 0.779. The van der Waals surface area contributed by atoms with Crippen molar-refractivity contribution < 1.29 is 18.7 Å². The lowest BCUT2D eigenvalue weighted by Gasteiger charge is -2.25. The minimum Gasteiger partial charge on any atom is -0.463 e. The molecule has 2 amide bonds. The van der Waals surface area contributed by atoms with Crippen LogP contribution >= 0.6 is 0 Å². The lowest BCUT2D eigenvalue weighted by atomic mass is 10.1. The van der Waals surface area contributed by atoms with Gasteiger partial charge in [-0.05, 0) is 45.6 Å². The smallest absolute Gasteiger partial charge is 0.314 e. The van der Waals surface area contributed by atoms with E-state index in [1.54, 1.807) is 19.9 Å². The number of esters is 1. The predicted molar refractivity (Wildman–Crippen MR) is 90.1 cm³/mol. The van der Waals surface area contributed by atoms with Gasteiger partial charge in [0.2, 0.25) is 0 Å². The van der Waals surface area contributed by atoms with Crippen molar-refractivity contribution in [1.82, 2.24) is 15.5 Å². The van der Waals surface area contributed by atoms with Crippen LogP contribution in [-0.2, 0) is 9.53 Å². The van der Waals surface area contributed by atoms with Crippen molar-refractivity contribution >= 4 is 12.0 Å². The number of urea groups is 1. The molecule has 0 aliphatic carbocycles. The Morgan fingerprint density at radius 2 is 1.96 bits per heavy atom. The highest BCUT2D eigenvalue weighted by molar-refractivity contribution is 5.75. The molecular formula is C17H26FN3O3. The molecule has 1 aromatic carbocycles. The molecule has 1 unspecified atom stereocenters. The number of halogens is 1. The first-order valence-electron chi connectivity index (χ1n) is 7.92. The van der Waals surface area contributed by atoms with Gasteiger partial charge >= 0.3 is 12.0 Å². The second-order valence-corrected chi connectivity index (χ2v) is 5.96. The van der Waals surface area contributed by atoms with Crippen molar-refractivity contribution in [2.24, 2.45) is 0 Å². The van der Waals surface area contributed by atoms with Crippen molar-refractivity contribution in [2.45, 2.75) is 32.4 Å². The van der Waals surface area contributed by atoms with Gasteiger partial charge in [-0.2, -0.15) is 0 Å². The van der Waals surface area contributed by atoms with Crippen LogP contribution in [0.2, 0.25) is 0 Å². The summed E-state index contributed by atoms with van der Waals surface area (Å²) in [6.45, 7) is 4.06. The Hall–Kier alpha value is -2.15. The molecule has 1 atom stereocenters. The zero-order valence-corrected chi connectivity index (χ0v) is 14.6. The van der Waals surface area contributed by atoms with E-state index in [2.05, 4.69) is 10.6 Å². The maximum atomic E-state index is 13.4. The molecule has 1 rings (SSSR count). The molecule has 0 aromatic heterocycles. The van der Waals surface area contributed by atoms with Gasteiger partial charge in [-0.25, -0.2) is 9.18 Å². The van der Waals surface area contributed by atoms with Gasteiger partial charge in [0.25, 0.3) is 0 Å². The van der Waals surface area contributed by atoms with E-state index in [0.29, 0.717) is 6.54 Å². The van der Waals surface area contributed by atoms with Crippen LogP contribution in [0, 0.1) is 5.82 Å². The van der Waals surface area contributed by atoms with Gasteiger partial charge in [0.15, 0.2) is 0 Å². The summed E-state index contributed by atoms with van der Waals surface area (Å²) in [6, 6.07) is 5.75. The summed E-state index contributed by atoms with van der Waals surface area (Å²) in [5.74, 6) is -0.663. The number of hydrogen-bond acceptors (Lipinski definition) is 4. The van der Waals surface area contributed by atoms with Crippen molar-refractivity contribution in [1.29, 1.82) is 0 Å². The van der Waals surface area contributed by atoms with Crippen LogP contribution in [0.5, 0.6) is 0 Å². The second kappa shape index (κ2) is 9.87. The van der Waals surface area contributed by atoms with Crippen LogP contribution < -0.4 is 10.6 Å². The maximum absolute atomic E-state index is 13.4. The third-order valence-electron chi connectivity index (χ3n) is 3.29. The third-order valence-corrected chi connectivity index (χ3v) is 3.29. The Bertz CT molecular complexity index is 550. The molecule has 0 saturated heterocycles. The molecule has 7 heteroatoms. The van der Waals surface area contributed by atoms with Crippen molar-refractivity contribution in [3.63, 3.8) is 0 Å². The molecule has 24 heavy (non-hydrogen) atoms. The zero-order chi connectivity index (χ0) is 18.1. The van der Waals surface area contributed by atoms with E-state index in [0.717, 1.165) is 5.56 Å². The van der Waals surface area contributed by atoms with Gasteiger partial charge < -0.3 is 20.3 Å². The van der Waals surface area contributed by atoms with E-state index in [4.69, 9.17) is 4.74 Å². The van der Waals surface area contributed by atoms with E-state index in [1.165, 1.54) is 12.1 Å². The summed E-state index contributed by atoms with van der Waals surface area (Å²) in [6.07, 6.45) is -0.0504. The van der Waals surface area contributed by atoms with Gasteiger partial charge in [0, 0.05) is 13.1 Å². The molecule has 2 N–H and O–H groups in total. The average Bonchev–Trinajstić information content (AvgIpc) is 2.46. The van der Waals surface area contributed by atoms with E-state index >= 15 is 0 Å². The molecular weight excluding hydrogens is 313 g/mol. The Balaban J connectivity index is 2.42. The van der Waals surface area contributed by atoms with E-state index in [1.807, 2.05) is 25.1 Å². The summed E-state index contributed by atoms with van der Waals surface area (Å²) in [5, 5.41) is 5.33. The molecule has 134 valence electrons. The molecule has 6 nitrogen and oxygen atoms in total. The highest BCUT2D eigenvalue weighted by Gasteiger charge is 2.16. The van der Waals surface area contributed by atoms with Crippen molar-refractivity contribution in [2.75, 3.05) is 27.2 Å².